The SMILES string of the molecule is CC(C)(O)C(C)(C)O.COC(=O)c1ccccc1.OB(O)O. The van der Waals surface area contributed by atoms with Crippen LogP contribution in [-0.4, -0.2) is 56.9 Å². The van der Waals surface area contributed by atoms with Crippen LogP contribution < -0.4 is 0 Å². The van der Waals surface area contributed by atoms with E-state index >= 15 is 0 Å². The molecule has 8 heteroatoms. The zero-order chi connectivity index (χ0) is 18.0. The fourth-order valence-electron chi connectivity index (χ4n) is 0.692. The van der Waals surface area contributed by atoms with Gasteiger partial charge in [0.05, 0.1) is 23.9 Å². The minimum Gasteiger partial charge on any atom is -0.465 e. The second-order valence-corrected chi connectivity index (χ2v) is 5.32. The lowest BCUT2D eigenvalue weighted by atomic mass is 9.90. The third kappa shape index (κ3) is 12.3. The highest BCUT2D eigenvalue weighted by Crippen LogP contribution is 2.19. The highest BCUT2D eigenvalue weighted by Gasteiger charge is 2.31. The lowest BCUT2D eigenvalue weighted by Gasteiger charge is -2.31. The van der Waals surface area contributed by atoms with Crippen LogP contribution in [0.15, 0.2) is 30.3 Å². The Morgan fingerprint density at radius 3 is 1.50 bits per heavy atom. The summed E-state index contributed by atoms with van der Waals surface area (Å²) >= 11 is 0. The van der Waals surface area contributed by atoms with E-state index in [-0.39, 0.29) is 5.97 Å². The molecule has 0 amide bonds. The van der Waals surface area contributed by atoms with Gasteiger partial charge in [0.25, 0.3) is 0 Å². The molecule has 0 radical (unpaired) electrons. The van der Waals surface area contributed by atoms with Crippen molar-refractivity contribution in [2.24, 2.45) is 0 Å². The van der Waals surface area contributed by atoms with Gasteiger partial charge in [-0.05, 0) is 39.8 Å². The van der Waals surface area contributed by atoms with Crippen molar-refractivity contribution in [2.75, 3.05) is 7.11 Å². The molecule has 1 aromatic rings. The van der Waals surface area contributed by atoms with Crippen LogP contribution in [-0.2, 0) is 4.74 Å². The van der Waals surface area contributed by atoms with Crippen LogP contribution in [0.2, 0.25) is 0 Å². The van der Waals surface area contributed by atoms with Crippen LogP contribution in [0.1, 0.15) is 38.1 Å². The van der Waals surface area contributed by atoms with Crippen LogP contribution in [0, 0.1) is 0 Å². The fourth-order valence-corrected chi connectivity index (χ4v) is 0.692. The molecule has 5 N–H and O–H groups in total. The first-order valence-electron chi connectivity index (χ1n) is 6.45. The van der Waals surface area contributed by atoms with Crippen molar-refractivity contribution in [1.82, 2.24) is 0 Å². The summed E-state index contributed by atoms with van der Waals surface area (Å²) in [6.45, 7) is 6.31. The third-order valence-electron chi connectivity index (χ3n) is 2.69. The molecule has 0 aliphatic carbocycles. The highest BCUT2D eigenvalue weighted by atomic mass is 16.5. The number of carbonyl (C=O) groups is 1. The summed E-state index contributed by atoms with van der Waals surface area (Å²) in [5, 5.41) is 39.7. The molecule has 0 saturated carbocycles. The molecule has 1 rings (SSSR count). The van der Waals surface area contributed by atoms with Gasteiger partial charge in [0.2, 0.25) is 0 Å². The minimum absolute atomic E-state index is 0.291. The maximum atomic E-state index is 10.8. The van der Waals surface area contributed by atoms with Crippen LogP contribution >= 0.6 is 0 Å². The Hall–Kier alpha value is -1.45. The normalized spacial score (nSPS) is 10.5. The average Bonchev–Trinajstić information content (AvgIpc) is 2.36. The second kappa shape index (κ2) is 10.3. The first-order valence-corrected chi connectivity index (χ1v) is 6.45. The van der Waals surface area contributed by atoms with Crippen molar-refractivity contribution in [2.45, 2.75) is 38.9 Å². The van der Waals surface area contributed by atoms with Crippen molar-refractivity contribution in [3.8, 4) is 0 Å². The smallest absolute Gasteiger partial charge is 0.465 e. The summed E-state index contributed by atoms with van der Waals surface area (Å²) in [5.41, 5.74) is -1.43. The van der Waals surface area contributed by atoms with Crippen LogP contribution in [0.4, 0.5) is 0 Å². The van der Waals surface area contributed by atoms with E-state index in [1.54, 1.807) is 52.0 Å². The number of aliphatic hydroxyl groups is 2. The first-order chi connectivity index (χ1) is 9.82. The molecule has 7 nitrogen and oxygen atoms in total. The summed E-state index contributed by atoms with van der Waals surface area (Å²) in [4.78, 5) is 10.8. The maximum Gasteiger partial charge on any atom is 0.631 e. The van der Waals surface area contributed by atoms with E-state index in [9.17, 15) is 4.79 Å². The Kier molecular flexibility index (Phi) is 10.7. The van der Waals surface area contributed by atoms with E-state index in [1.807, 2.05) is 6.07 Å². The summed E-state index contributed by atoms with van der Waals surface area (Å²) in [5.74, 6) is -0.291. The van der Waals surface area contributed by atoms with Gasteiger partial charge in [-0.2, -0.15) is 0 Å². The molecule has 126 valence electrons. The number of hydrogen-bond acceptors (Lipinski definition) is 7. The lowest BCUT2D eigenvalue weighted by molar-refractivity contribution is -0.107. The Bertz CT molecular complexity index is 393. The summed E-state index contributed by atoms with van der Waals surface area (Å²) in [6, 6.07) is 8.88. The van der Waals surface area contributed by atoms with E-state index in [0.717, 1.165) is 0 Å². The van der Waals surface area contributed by atoms with Crippen molar-refractivity contribution in [3.63, 3.8) is 0 Å². The molecule has 0 bridgehead atoms. The Labute approximate surface area is 131 Å². The molecule has 0 atom stereocenters. The van der Waals surface area contributed by atoms with Gasteiger partial charge in [-0.15, -0.1) is 0 Å². The first kappa shape index (κ1) is 22.8. The van der Waals surface area contributed by atoms with Gasteiger partial charge < -0.3 is 30.0 Å². The largest absolute Gasteiger partial charge is 0.631 e. The standard InChI is InChI=1S/C8H8O2.C6H14O2.BH3O3/c1-10-8(9)7-5-3-2-4-6-7;1-5(2,7)6(3,4)8;2-1(3)4/h2-6H,1H3;7-8H,1-4H3;2-4H. The summed E-state index contributed by atoms with van der Waals surface area (Å²) in [7, 11) is -0.796. The molecule has 0 saturated heterocycles. The lowest BCUT2D eigenvalue weighted by Crippen LogP contribution is -2.44. The van der Waals surface area contributed by atoms with Gasteiger partial charge in [-0.25, -0.2) is 4.79 Å². The second-order valence-electron chi connectivity index (χ2n) is 5.32. The quantitative estimate of drug-likeness (QED) is 0.382. The molecule has 22 heavy (non-hydrogen) atoms. The van der Waals surface area contributed by atoms with E-state index < -0.39 is 18.5 Å². The molecular formula is C14H25BO7. The van der Waals surface area contributed by atoms with Crippen LogP contribution in [0.5, 0.6) is 0 Å². The van der Waals surface area contributed by atoms with Gasteiger partial charge >= 0.3 is 13.3 Å². The highest BCUT2D eigenvalue weighted by molar-refractivity contribution is 6.30. The van der Waals surface area contributed by atoms with Gasteiger partial charge in [-0.1, -0.05) is 18.2 Å². The summed E-state index contributed by atoms with van der Waals surface area (Å²) in [6.07, 6.45) is 0. The van der Waals surface area contributed by atoms with Gasteiger partial charge in [-0.3, -0.25) is 0 Å². The Morgan fingerprint density at radius 1 is 0.955 bits per heavy atom. The number of methoxy groups -OCH3 is 1. The number of carbonyl (C=O) groups excluding carboxylic acids is 1. The number of benzene rings is 1. The zero-order valence-electron chi connectivity index (χ0n) is 13.5. The number of ether oxygens (including phenoxy) is 1. The maximum absolute atomic E-state index is 10.8. The topological polar surface area (TPSA) is 127 Å². The molecule has 0 fully saturated rings. The fraction of sp³-hybridized carbons (Fsp3) is 0.500. The predicted octanol–water partition coefficient (Wildman–Crippen LogP) is -0.0504. The predicted molar refractivity (Wildman–Crippen MR) is 82.8 cm³/mol. The number of hydrogen-bond donors (Lipinski definition) is 5. The monoisotopic (exact) mass is 316 g/mol. The average molecular weight is 316 g/mol. The molecule has 1 aromatic carbocycles. The number of esters is 1. The molecular weight excluding hydrogens is 291 g/mol. The van der Waals surface area contributed by atoms with Crippen molar-refractivity contribution in [3.05, 3.63) is 35.9 Å². The van der Waals surface area contributed by atoms with E-state index in [4.69, 9.17) is 25.3 Å². The summed E-state index contributed by atoms with van der Waals surface area (Å²) < 4.78 is 4.50. The van der Waals surface area contributed by atoms with E-state index in [1.165, 1.54) is 7.11 Å². The van der Waals surface area contributed by atoms with Crippen molar-refractivity contribution < 1.29 is 34.8 Å². The van der Waals surface area contributed by atoms with Crippen LogP contribution in [0.3, 0.4) is 0 Å². The van der Waals surface area contributed by atoms with E-state index in [2.05, 4.69) is 4.74 Å². The van der Waals surface area contributed by atoms with Gasteiger partial charge in [0, 0.05) is 0 Å². The van der Waals surface area contributed by atoms with Crippen molar-refractivity contribution in [1.29, 1.82) is 0 Å². The minimum atomic E-state index is -2.17. The molecule has 0 heterocycles. The zero-order valence-corrected chi connectivity index (χ0v) is 13.5. The molecule has 0 aromatic heterocycles. The van der Waals surface area contributed by atoms with Crippen molar-refractivity contribution >= 4 is 13.3 Å². The Morgan fingerprint density at radius 2 is 1.27 bits per heavy atom. The molecule has 0 aliphatic rings. The van der Waals surface area contributed by atoms with Gasteiger partial charge in [0.15, 0.2) is 0 Å². The third-order valence-corrected chi connectivity index (χ3v) is 2.69. The molecule has 0 unspecified atom stereocenters. The number of rotatable bonds is 2. The van der Waals surface area contributed by atoms with Gasteiger partial charge in [0.1, 0.15) is 0 Å². The Balaban J connectivity index is 0. The molecule has 0 aliphatic heterocycles. The van der Waals surface area contributed by atoms with E-state index in [0.29, 0.717) is 5.56 Å². The van der Waals surface area contributed by atoms with Crippen LogP contribution in [0.25, 0.3) is 0 Å². The molecule has 0 spiro atoms.